The number of rotatable bonds is 4. The molecule has 0 amide bonds. The van der Waals surface area contributed by atoms with E-state index >= 15 is 0 Å². The summed E-state index contributed by atoms with van der Waals surface area (Å²) >= 11 is 0. The van der Waals surface area contributed by atoms with Crippen LogP contribution in [0.25, 0.3) is 0 Å². The first-order valence-corrected chi connectivity index (χ1v) is 7.34. The van der Waals surface area contributed by atoms with Crippen LogP contribution in [-0.4, -0.2) is 37.5 Å². The van der Waals surface area contributed by atoms with E-state index in [0.717, 1.165) is 12.5 Å². The lowest BCUT2D eigenvalue weighted by molar-refractivity contribution is 0.259. The van der Waals surface area contributed by atoms with Gasteiger partial charge in [0.15, 0.2) is 0 Å². The molecule has 0 spiro atoms. The molecule has 0 bridgehead atoms. The lowest BCUT2D eigenvalue weighted by atomic mass is 10.1. The van der Waals surface area contributed by atoms with Gasteiger partial charge in [-0.3, -0.25) is 0 Å². The highest BCUT2D eigenvalue weighted by atomic mass is 32.2. The van der Waals surface area contributed by atoms with Gasteiger partial charge in [-0.15, -0.1) is 0 Å². The predicted molar refractivity (Wildman–Crippen MR) is 65.0 cm³/mol. The summed E-state index contributed by atoms with van der Waals surface area (Å²) in [6.07, 6.45) is 1.35. The highest BCUT2D eigenvalue weighted by Crippen LogP contribution is 2.26. The van der Waals surface area contributed by atoms with Gasteiger partial charge in [0.2, 0.25) is 10.0 Å². The molecule has 4 nitrogen and oxygen atoms in total. The Morgan fingerprint density at radius 1 is 1.44 bits per heavy atom. The maximum absolute atomic E-state index is 13.1. The molecule has 1 heterocycles. The number of nitrogens with zero attached hydrogens (tertiary/aromatic N) is 1. The molecular formula is C12H16FNO3S. The Morgan fingerprint density at radius 2 is 2.22 bits per heavy atom. The monoisotopic (exact) mass is 273 g/mol. The quantitative estimate of drug-likeness (QED) is 0.897. The predicted octanol–water partition coefficient (Wildman–Crippen LogP) is 1.22. The minimum Gasteiger partial charge on any atom is -0.396 e. The summed E-state index contributed by atoms with van der Waals surface area (Å²) in [5.41, 5.74) is 0. The molecule has 1 atom stereocenters. The van der Waals surface area contributed by atoms with Crippen LogP contribution in [0.1, 0.15) is 12.8 Å². The number of aliphatic hydroxyl groups excluding tert-OH is 1. The third kappa shape index (κ3) is 2.71. The molecule has 18 heavy (non-hydrogen) atoms. The fourth-order valence-corrected chi connectivity index (χ4v) is 3.77. The molecule has 0 radical (unpaired) electrons. The van der Waals surface area contributed by atoms with Crippen LogP contribution in [-0.2, 0) is 10.0 Å². The second-order valence-electron chi connectivity index (χ2n) is 4.49. The van der Waals surface area contributed by atoms with E-state index in [0.29, 0.717) is 19.5 Å². The minimum absolute atomic E-state index is 0.00727. The Balaban J connectivity index is 2.18. The Labute approximate surface area is 106 Å². The zero-order chi connectivity index (χ0) is 13.2. The Morgan fingerprint density at radius 3 is 2.89 bits per heavy atom. The normalized spacial score (nSPS) is 21.3. The van der Waals surface area contributed by atoms with Crippen LogP contribution in [0.3, 0.4) is 0 Å². The molecule has 1 aromatic carbocycles. The van der Waals surface area contributed by atoms with Crippen molar-refractivity contribution in [3.63, 3.8) is 0 Å². The Bertz CT molecular complexity index is 518. The van der Waals surface area contributed by atoms with Gasteiger partial charge >= 0.3 is 0 Å². The number of hydrogen-bond donors (Lipinski definition) is 1. The van der Waals surface area contributed by atoms with Crippen LogP contribution in [0, 0.1) is 11.7 Å². The van der Waals surface area contributed by atoms with E-state index in [4.69, 9.17) is 5.11 Å². The first kappa shape index (κ1) is 13.5. The number of hydrogen-bond acceptors (Lipinski definition) is 3. The van der Waals surface area contributed by atoms with Crippen molar-refractivity contribution in [1.29, 1.82) is 0 Å². The zero-order valence-corrected chi connectivity index (χ0v) is 10.7. The van der Waals surface area contributed by atoms with E-state index in [-0.39, 0.29) is 17.4 Å². The van der Waals surface area contributed by atoms with Crippen LogP contribution in [0.15, 0.2) is 29.2 Å². The summed E-state index contributed by atoms with van der Waals surface area (Å²) in [4.78, 5) is -0.00727. The van der Waals surface area contributed by atoms with Gasteiger partial charge in [-0.05, 0) is 37.0 Å². The van der Waals surface area contributed by atoms with Crippen molar-refractivity contribution < 1.29 is 17.9 Å². The van der Waals surface area contributed by atoms with E-state index in [1.807, 2.05) is 0 Å². The van der Waals surface area contributed by atoms with Gasteiger partial charge in [0.05, 0.1) is 4.90 Å². The number of sulfonamides is 1. The summed E-state index contributed by atoms with van der Waals surface area (Å²) in [6, 6.07) is 5.05. The minimum atomic E-state index is -3.60. The van der Waals surface area contributed by atoms with Crippen molar-refractivity contribution in [3.8, 4) is 0 Å². The van der Waals surface area contributed by atoms with Crippen molar-refractivity contribution in [2.45, 2.75) is 17.7 Å². The lowest BCUT2D eigenvalue weighted by Crippen LogP contribution is -2.29. The second-order valence-corrected chi connectivity index (χ2v) is 6.43. The molecule has 0 saturated carbocycles. The first-order valence-electron chi connectivity index (χ1n) is 5.90. The lowest BCUT2D eigenvalue weighted by Gasteiger charge is -2.16. The van der Waals surface area contributed by atoms with E-state index in [1.165, 1.54) is 22.5 Å². The van der Waals surface area contributed by atoms with Gasteiger partial charge in [-0.2, -0.15) is 4.31 Å². The van der Waals surface area contributed by atoms with Gasteiger partial charge in [0, 0.05) is 19.7 Å². The van der Waals surface area contributed by atoms with Gasteiger partial charge in [-0.1, -0.05) is 6.07 Å². The third-order valence-electron chi connectivity index (χ3n) is 3.22. The molecule has 0 aliphatic carbocycles. The van der Waals surface area contributed by atoms with E-state index in [2.05, 4.69) is 0 Å². The van der Waals surface area contributed by atoms with Crippen LogP contribution in [0.2, 0.25) is 0 Å². The van der Waals surface area contributed by atoms with Crippen LogP contribution >= 0.6 is 0 Å². The maximum atomic E-state index is 13.1. The SMILES string of the molecule is O=S(=O)(c1cccc(F)c1)N1CCC(CCO)C1. The van der Waals surface area contributed by atoms with Crippen molar-refractivity contribution in [3.05, 3.63) is 30.1 Å². The average Bonchev–Trinajstić information content (AvgIpc) is 2.79. The van der Waals surface area contributed by atoms with Crippen molar-refractivity contribution in [2.75, 3.05) is 19.7 Å². The molecule has 1 aromatic rings. The van der Waals surface area contributed by atoms with Crippen LogP contribution in [0.5, 0.6) is 0 Å². The highest BCUT2D eigenvalue weighted by molar-refractivity contribution is 7.89. The van der Waals surface area contributed by atoms with Gasteiger partial charge in [-0.25, -0.2) is 12.8 Å². The molecule has 1 N–H and O–H groups in total. The first-order chi connectivity index (χ1) is 8.54. The van der Waals surface area contributed by atoms with Gasteiger partial charge in [0.1, 0.15) is 5.82 Å². The summed E-state index contributed by atoms with van der Waals surface area (Å²) in [7, 11) is -3.60. The molecule has 1 fully saturated rings. The third-order valence-corrected chi connectivity index (χ3v) is 5.08. The standard InChI is InChI=1S/C12H16FNO3S/c13-11-2-1-3-12(8-11)18(16,17)14-6-4-10(9-14)5-7-15/h1-3,8,10,15H,4-7,9H2. The maximum Gasteiger partial charge on any atom is 0.243 e. The zero-order valence-electron chi connectivity index (χ0n) is 9.92. The summed E-state index contributed by atoms with van der Waals surface area (Å²) in [6.45, 7) is 0.904. The van der Waals surface area contributed by atoms with Gasteiger partial charge < -0.3 is 5.11 Å². The molecule has 100 valence electrons. The van der Waals surface area contributed by atoms with Crippen molar-refractivity contribution in [2.24, 2.45) is 5.92 Å². The summed E-state index contributed by atoms with van der Waals surface area (Å²) < 4.78 is 38.9. The molecule has 1 aliphatic rings. The van der Waals surface area contributed by atoms with E-state index in [9.17, 15) is 12.8 Å². The number of aliphatic hydroxyl groups is 1. The largest absolute Gasteiger partial charge is 0.396 e. The molecule has 0 aromatic heterocycles. The van der Waals surface area contributed by atoms with Crippen LogP contribution in [0.4, 0.5) is 4.39 Å². The number of halogens is 1. The summed E-state index contributed by atoms with van der Waals surface area (Å²) in [5, 5.41) is 8.85. The number of benzene rings is 1. The molecule has 1 unspecified atom stereocenters. The van der Waals surface area contributed by atoms with Crippen molar-refractivity contribution >= 4 is 10.0 Å². The molecule has 2 rings (SSSR count). The Hall–Kier alpha value is -0.980. The van der Waals surface area contributed by atoms with Crippen LogP contribution < -0.4 is 0 Å². The van der Waals surface area contributed by atoms with E-state index in [1.54, 1.807) is 0 Å². The molecule has 1 saturated heterocycles. The summed E-state index contributed by atoms with van der Waals surface area (Å²) in [5.74, 6) is -0.361. The van der Waals surface area contributed by atoms with Crippen molar-refractivity contribution in [1.82, 2.24) is 4.31 Å². The Kier molecular flexibility index (Phi) is 3.99. The fourth-order valence-electron chi connectivity index (χ4n) is 2.21. The molecule has 1 aliphatic heterocycles. The average molecular weight is 273 g/mol. The van der Waals surface area contributed by atoms with Gasteiger partial charge in [0.25, 0.3) is 0 Å². The smallest absolute Gasteiger partial charge is 0.243 e. The molecular weight excluding hydrogens is 257 g/mol. The molecule has 6 heteroatoms. The van der Waals surface area contributed by atoms with E-state index < -0.39 is 15.8 Å². The fraction of sp³-hybridized carbons (Fsp3) is 0.500. The topological polar surface area (TPSA) is 57.6 Å². The second kappa shape index (κ2) is 5.34. The highest BCUT2D eigenvalue weighted by Gasteiger charge is 2.32.